The molecule has 0 saturated heterocycles. The van der Waals surface area contributed by atoms with Crippen molar-refractivity contribution >= 4 is 5.69 Å². The molecular formula is C11H10FN3O3. The third-order valence-corrected chi connectivity index (χ3v) is 2.28. The third-order valence-electron chi connectivity index (χ3n) is 2.28. The smallest absolute Gasteiger partial charge is 0.272 e. The first-order chi connectivity index (χ1) is 8.65. The van der Waals surface area contributed by atoms with Gasteiger partial charge in [-0.05, 0) is 11.6 Å². The van der Waals surface area contributed by atoms with E-state index in [-0.39, 0.29) is 5.69 Å². The van der Waals surface area contributed by atoms with E-state index in [0.717, 1.165) is 6.07 Å². The van der Waals surface area contributed by atoms with Crippen LogP contribution in [0.15, 0.2) is 35.1 Å². The van der Waals surface area contributed by atoms with Gasteiger partial charge in [-0.3, -0.25) is 10.1 Å². The van der Waals surface area contributed by atoms with E-state index in [0.29, 0.717) is 24.3 Å². The molecule has 6 nitrogen and oxygen atoms in total. The number of hydrogen-bond donors (Lipinski definition) is 1. The summed E-state index contributed by atoms with van der Waals surface area (Å²) in [5.74, 6) is -0.623. The fraction of sp³-hybridized carbons (Fsp3) is 0.182. The minimum Gasteiger partial charge on any atom is -0.364 e. The first-order valence-corrected chi connectivity index (χ1v) is 5.19. The quantitative estimate of drug-likeness (QED) is 0.649. The molecule has 0 radical (unpaired) electrons. The molecule has 0 saturated carbocycles. The second-order valence-electron chi connectivity index (χ2n) is 3.67. The second kappa shape index (κ2) is 5.37. The Morgan fingerprint density at radius 1 is 1.39 bits per heavy atom. The second-order valence-corrected chi connectivity index (χ2v) is 3.67. The van der Waals surface area contributed by atoms with Crippen LogP contribution in [0.5, 0.6) is 0 Å². The highest BCUT2D eigenvalue weighted by atomic mass is 19.1. The zero-order valence-electron chi connectivity index (χ0n) is 9.30. The van der Waals surface area contributed by atoms with E-state index in [4.69, 9.17) is 0 Å². The Balaban J connectivity index is 1.98. The van der Waals surface area contributed by atoms with Crippen LogP contribution >= 0.6 is 0 Å². The molecule has 2 aromatic rings. The molecule has 0 aliphatic heterocycles. The summed E-state index contributed by atoms with van der Waals surface area (Å²) < 4.78 is 17.8. The van der Waals surface area contributed by atoms with Crippen molar-refractivity contribution in [3.05, 3.63) is 57.7 Å². The van der Waals surface area contributed by atoms with Crippen LogP contribution in [0.1, 0.15) is 11.3 Å². The van der Waals surface area contributed by atoms with Gasteiger partial charge in [-0.1, -0.05) is 5.16 Å². The Bertz CT molecular complexity index is 542. The fourth-order valence-corrected chi connectivity index (χ4v) is 1.50. The van der Waals surface area contributed by atoms with E-state index < -0.39 is 10.7 Å². The van der Waals surface area contributed by atoms with E-state index in [9.17, 15) is 14.5 Å². The van der Waals surface area contributed by atoms with Crippen LogP contribution in [0.25, 0.3) is 0 Å². The van der Waals surface area contributed by atoms with Gasteiger partial charge in [0.1, 0.15) is 12.1 Å². The molecule has 0 fully saturated rings. The maximum Gasteiger partial charge on any atom is 0.272 e. The van der Waals surface area contributed by atoms with Crippen LogP contribution < -0.4 is 5.32 Å². The zero-order chi connectivity index (χ0) is 13.0. The zero-order valence-corrected chi connectivity index (χ0v) is 9.30. The van der Waals surface area contributed by atoms with Crippen LogP contribution in [0.4, 0.5) is 10.1 Å². The van der Waals surface area contributed by atoms with Crippen molar-refractivity contribution in [2.24, 2.45) is 0 Å². The van der Waals surface area contributed by atoms with Gasteiger partial charge in [0.15, 0.2) is 0 Å². The number of nitrogens with one attached hydrogen (secondary N) is 1. The molecule has 0 atom stereocenters. The first-order valence-electron chi connectivity index (χ1n) is 5.19. The van der Waals surface area contributed by atoms with Gasteiger partial charge in [0.2, 0.25) is 0 Å². The maximum absolute atomic E-state index is 13.1. The predicted molar refractivity (Wildman–Crippen MR) is 60.1 cm³/mol. The average molecular weight is 251 g/mol. The first kappa shape index (κ1) is 12.2. The lowest BCUT2D eigenvalue weighted by Crippen LogP contribution is -2.13. The summed E-state index contributed by atoms with van der Waals surface area (Å²) in [6.07, 6.45) is 1.45. The molecule has 1 aromatic heterocycles. The van der Waals surface area contributed by atoms with E-state index in [1.807, 2.05) is 0 Å². The van der Waals surface area contributed by atoms with Crippen LogP contribution in [0.3, 0.4) is 0 Å². The molecule has 1 aromatic carbocycles. The summed E-state index contributed by atoms with van der Waals surface area (Å²) in [7, 11) is 0. The average Bonchev–Trinajstić information content (AvgIpc) is 2.81. The molecule has 1 heterocycles. The van der Waals surface area contributed by atoms with E-state index in [1.165, 1.54) is 18.4 Å². The van der Waals surface area contributed by atoms with Crippen LogP contribution in [-0.4, -0.2) is 10.1 Å². The Hall–Kier alpha value is -2.28. The monoisotopic (exact) mass is 251 g/mol. The number of nitro groups is 1. The number of hydrogen-bond acceptors (Lipinski definition) is 5. The number of nitro benzene ring substituents is 1. The van der Waals surface area contributed by atoms with Gasteiger partial charge in [0.05, 0.1) is 16.7 Å². The van der Waals surface area contributed by atoms with Crippen molar-refractivity contribution in [2.75, 3.05) is 0 Å². The lowest BCUT2D eigenvalue weighted by molar-refractivity contribution is -0.385. The summed E-state index contributed by atoms with van der Waals surface area (Å²) in [4.78, 5) is 9.94. The normalized spacial score (nSPS) is 10.5. The highest BCUT2D eigenvalue weighted by Gasteiger charge is 2.09. The number of non-ortho nitro benzene ring substituents is 1. The Morgan fingerprint density at radius 2 is 2.22 bits per heavy atom. The highest BCUT2D eigenvalue weighted by molar-refractivity contribution is 5.35. The lowest BCUT2D eigenvalue weighted by atomic mass is 10.2. The number of benzene rings is 1. The van der Waals surface area contributed by atoms with E-state index >= 15 is 0 Å². The van der Waals surface area contributed by atoms with Gasteiger partial charge in [-0.2, -0.15) is 0 Å². The Labute approximate surface area is 102 Å². The largest absolute Gasteiger partial charge is 0.364 e. The molecule has 2 rings (SSSR count). The van der Waals surface area contributed by atoms with Crippen LogP contribution in [-0.2, 0) is 13.1 Å². The standard InChI is InChI=1S/C11H10FN3O3/c12-9-3-8(4-11(5-9)15(16)17)6-13-7-10-1-2-18-14-10/h1-5,13H,6-7H2. The SMILES string of the molecule is O=[N+]([O-])c1cc(F)cc(CNCc2ccon2)c1. The number of rotatable bonds is 5. The topological polar surface area (TPSA) is 81.2 Å². The van der Waals surface area contributed by atoms with Crippen molar-refractivity contribution in [1.82, 2.24) is 10.5 Å². The molecule has 7 heteroatoms. The molecule has 94 valence electrons. The van der Waals surface area contributed by atoms with Gasteiger partial charge in [-0.15, -0.1) is 0 Å². The van der Waals surface area contributed by atoms with Crippen molar-refractivity contribution in [3.63, 3.8) is 0 Å². The fourth-order valence-electron chi connectivity index (χ4n) is 1.50. The molecule has 0 spiro atoms. The van der Waals surface area contributed by atoms with Crippen molar-refractivity contribution in [3.8, 4) is 0 Å². The van der Waals surface area contributed by atoms with Gasteiger partial charge in [0, 0.05) is 25.2 Å². The summed E-state index contributed by atoms with van der Waals surface area (Å²) in [6, 6.07) is 5.17. The highest BCUT2D eigenvalue weighted by Crippen LogP contribution is 2.16. The van der Waals surface area contributed by atoms with Crippen LogP contribution in [0.2, 0.25) is 0 Å². The molecule has 0 bridgehead atoms. The third kappa shape index (κ3) is 3.11. The van der Waals surface area contributed by atoms with Gasteiger partial charge < -0.3 is 9.84 Å². The summed E-state index contributed by atoms with van der Waals surface area (Å²) in [5, 5.41) is 17.2. The molecule has 0 amide bonds. The van der Waals surface area contributed by atoms with Gasteiger partial charge in [0.25, 0.3) is 5.69 Å². The minimum absolute atomic E-state index is 0.256. The van der Waals surface area contributed by atoms with Crippen molar-refractivity contribution < 1.29 is 13.8 Å². The number of halogens is 1. The van der Waals surface area contributed by atoms with Crippen LogP contribution in [0, 0.1) is 15.9 Å². The van der Waals surface area contributed by atoms with Gasteiger partial charge >= 0.3 is 0 Å². The van der Waals surface area contributed by atoms with Crippen molar-refractivity contribution in [2.45, 2.75) is 13.1 Å². The maximum atomic E-state index is 13.1. The molecule has 0 aliphatic rings. The molecular weight excluding hydrogens is 241 g/mol. The predicted octanol–water partition coefficient (Wildman–Crippen LogP) is 2.01. The molecule has 18 heavy (non-hydrogen) atoms. The molecule has 0 unspecified atom stereocenters. The van der Waals surface area contributed by atoms with Gasteiger partial charge in [-0.25, -0.2) is 4.39 Å². The lowest BCUT2D eigenvalue weighted by Gasteiger charge is -2.03. The summed E-state index contributed by atoms with van der Waals surface area (Å²) in [6.45, 7) is 0.756. The minimum atomic E-state index is -0.623. The number of aromatic nitrogens is 1. The van der Waals surface area contributed by atoms with E-state index in [1.54, 1.807) is 6.07 Å². The Morgan fingerprint density at radius 3 is 2.89 bits per heavy atom. The Kier molecular flexibility index (Phi) is 3.63. The molecule has 0 aliphatic carbocycles. The summed E-state index contributed by atoms with van der Waals surface area (Å²) >= 11 is 0. The van der Waals surface area contributed by atoms with E-state index in [2.05, 4.69) is 15.0 Å². The molecule has 1 N–H and O–H groups in total. The van der Waals surface area contributed by atoms with Crippen molar-refractivity contribution in [1.29, 1.82) is 0 Å². The number of nitrogens with zero attached hydrogens (tertiary/aromatic N) is 2. The summed E-state index contributed by atoms with van der Waals surface area (Å²) in [5.41, 5.74) is 0.958.